The number of halogens is 1. The summed E-state index contributed by atoms with van der Waals surface area (Å²) in [6, 6.07) is 22.3. The van der Waals surface area contributed by atoms with Crippen LogP contribution in [0.25, 0.3) is 16.6 Å². The first-order chi connectivity index (χ1) is 15.4. The van der Waals surface area contributed by atoms with E-state index in [1.54, 1.807) is 16.7 Å². The minimum absolute atomic E-state index is 0.122. The van der Waals surface area contributed by atoms with Crippen LogP contribution >= 0.6 is 27.7 Å². The van der Waals surface area contributed by atoms with Crippen LogP contribution in [0.1, 0.15) is 0 Å². The summed E-state index contributed by atoms with van der Waals surface area (Å²) in [6.45, 7) is 0. The van der Waals surface area contributed by atoms with Gasteiger partial charge in [0.15, 0.2) is 5.16 Å². The number of para-hydroxylation sites is 1. The maximum atomic E-state index is 13.3. The van der Waals surface area contributed by atoms with Crippen LogP contribution in [0.15, 0.2) is 87.2 Å². The van der Waals surface area contributed by atoms with E-state index in [1.807, 2.05) is 79.7 Å². The molecule has 0 unspecified atom stereocenters. The fraction of sp³-hybridized carbons (Fsp3) is 0.125. The molecule has 4 rings (SSSR count). The number of aromatic nitrogens is 2. The number of amides is 1. The highest BCUT2D eigenvalue weighted by atomic mass is 79.9. The summed E-state index contributed by atoms with van der Waals surface area (Å²) in [5, 5.41) is 3.90. The number of anilines is 2. The number of nitrogens with one attached hydrogen (secondary N) is 1. The van der Waals surface area contributed by atoms with Gasteiger partial charge in [0.1, 0.15) is 0 Å². The largest absolute Gasteiger partial charge is 0.378 e. The van der Waals surface area contributed by atoms with Gasteiger partial charge in [-0.2, -0.15) is 0 Å². The molecule has 1 heterocycles. The maximum absolute atomic E-state index is 13.3. The zero-order valence-electron chi connectivity index (χ0n) is 17.6. The van der Waals surface area contributed by atoms with Gasteiger partial charge < -0.3 is 10.2 Å². The highest BCUT2D eigenvalue weighted by Crippen LogP contribution is 2.23. The van der Waals surface area contributed by atoms with Crippen molar-refractivity contribution in [3.05, 3.63) is 87.6 Å². The molecule has 1 amide bonds. The Morgan fingerprint density at radius 1 is 1.03 bits per heavy atom. The van der Waals surface area contributed by atoms with Crippen LogP contribution in [-0.2, 0) is 4.79 Å². The van der Waals surface area contributed by atoms with Crippen molar-refractivity contribution in [2.75, 3.05) is 30.1 Å². The molecule has 0 saturated heterocycles. The fourth-order valence-corrected chi connectivity index (χ4v) is 4.27. The average Bonchev–Trinajstić information content (AvgIpc) is 2.79. The van der Waals surface area contributed by atoms with E-state index >= 15 is 0 Å². The van der Waals surface area contributed by atoms with Crippen LogP contribution in [-0.4, -0.2) is 35.3 Å². The minimum atomic E-state index is -0.169. The van der Waals surface area contributed by atoms with Crippen LogP contribution < -0.4 is 15.8 Å². The summed E-state index contributed by atoms with van der Waals surface area (Å²) in [4.78, 5) is 32.5. The lowest BCUT2D eigenvalue weighted by Crippen LogP contribution is -2.23. The number of thioether (sulfide) groups is 1. The number of hydrogen-bond acceptors (Lipinski definition) is 5. The molecule has 0 bridgehead atoms. The second kappa shape index (κ2) is 9.58. The molecule has 0 atom stereocenters. The number of carbonyl (C=O) groups is 1. The highest BCUT2D eigenvalue weighted by Gasteiger charge is 2.15. The van der Waals surface area contributed by atoms with Crippen LogP contribution in [0.3, 0.4) is 0 Å². The summed E-state index contributed by atoms with van der Waals surface area (Å²) in [5.41, 5.74) is 2.90. The van der Waals surface area contributed by atoms with Gasteiger partial charge in [-0.3, -0.25) is 14.2 Å². The molecule has 3 aromatic carbocycles. The Morgan fingerprint density at radius 3 is 2.41 bits per heavy atom. The first-order valence-corrected chi connectivity index (χ1v) is 11.7. The number of nitrogens with zero attached hydrogens (tertiary/aromatic N) is 3. The van der Waals surface area contributed by atoms with Gasteiger partial charge in [0, 0.05) is 29.9 Å². The standard InChI is InChI=1S/C24H21BrN4O2S/c1-28(2)18-13-9-17(10-14-18)26-22(30)15-32-24-27-21-6-4-3-5-20(21)23(31)29(24)19-11-7-16(25)8-12-19/h3-14H,15H2,1-2H3,(H,26,30). The number of hydrogen-bond donors (Lipinski definition) is 1. The number of rotatable bonds is 6. The third-order valence-electron chi connectivity index (χ3n) is 4.83. The Hall–Kier alpha value is -3.10. The molecule has 1 N–H and O–H groups in total. The molecular weight excluding hydrogens is 488 g/mol. The van der Waals surface area contributed by atoms with E-state index in [1.165, 1.54) is 11.8 Å². The van der Waals surface area contributed by atoms with Gasteiger partial charge in [-0.1, -0.05) is 39.8 Å². The Bertz CT molecular complexity index is 1320. The zero-order valence-corrected chi connectivity index (χ0v) is 20.0. The molecular formula is C24H21BrN4O2S. The van der Waals surface area contributed by atoms with E-state index in [9.17, 15) is 9.59 Å². The van der Waals surface area contributed by atoms with Gasteiger partial charge in [-0.05, 0) is 60.7 Å². The Balaban J connectivity index is 1.60. The molecule has 0 fully saturated rings. The van der Waals surface area contributed by atoms with Crippen molar-refractivity contribution >= 4 is 55.9 Å². The molecule has 0 aliphatic heterocycles. The van der Waals surface area contributed by atoms with Crippen LogP contribution in [0.4, 0.5) is 11.4 Å². The molecule has 0 aliphatic rings. The normalized spacial score (nSPS) is 10.8. The van der Waals surface area contributed by atoms with Gasteiger partial charge in [0.2, 0.25) is 5.91 Å². The predicted molar refractivity (Wildman–Crippen MR) is 135 cm³/mol. The molecule has 32 heavy (non-hydrogen) atoms. The summed E-state index contributed by atoms with van der Waals surface area (Å²) in [7, 11) is 3.93. The SMILES string of the molecule is CN(C)c1ccc(NC(=O)CSc2nc3ccccc3c(=O)n2-c2ccc(Br)cc2)cc1. The second-order valence-corrected chi connectivity index (χ2v) is 9.16. The quantitative estimate of drug-likeness (QED) is 0.295. The molecule has 0 radical (unpaired) electrons. The number of fused-ring (bicyclic) bond motifs is 1. The van der Waals surface area contributed by atoms with Gasteiger partial charge in [0.25, 0.3) is 5.56 Å². The topological polar surface area (TPSA) is 67.2 Å². The van der Waals surface area contributed by atoms with Crippen molar-refractivity contribution in [2.45, 2.75) is 5.16 Å². The Kier molecular flexibility index (Phi) is 6.62. The van der Waals surface area contributed by atoms with Gasteiger partial charge in [-0.25, -0.2) is 4.98 Å². The molecule has 1 aromatic heterocycles. The van der Waals surface area contributed by atoms with Crippen molar-refractivity contribution in [1.82, 2.24) is 9.55 Å². The molecule has 8 heteroatoms. The first-order valence-electron chi connectivity index (χ1n) is 9.90. The second-order valence-electron chi connectivity index (χ2n) is 7.31. The smallest absolute Gasteiger partial charge is 0.266 e. The van der Waals surface area contributed by atoms with Crippen LogP contribution in [0.2, 0.25) is 0 Å². The van der Waals surface area contributed by atoms with E-state index in [-0.39, 0.29) is 17.2 Å². The van der Waals surface area contributed by atoms with Crippen LogP contribution in [0, 0.1) is 0 Å². The van der Waals surface area contributed by atoms with E-state index in [4.69, 9.17) is 0 Å². The lowest BCUT2D eigenvalue weighted by Gasteiger charge is -2.14. The lowest BCUT2D eigenvalue weighted by atomic mass is 10.2. The first kappa shape index (κ1) is 22.1. The summed E-state index contributed by atoms with van der Waals surface area (Å²) in [5.74, 6) is -0.0473. The van der Waals surface area contributed by atoms with E-state index in [2.05, 4.69) is 26.2 Å². The minimum Gasteiger partial charge on any atom is -0.378 e. The summed E-state index contributed by atoms with van der Waals surface area (Å²) >= 11 is 4.65. The fourth-order valence-electron chi connectivity index (χ4n) is 3.20. The molecule has 162 valence electrons. The van der Waals surface area contributed by atoms with Crippen molar-refractivity contribution in [1.29, 1.82) is 0 Å². The third-order valence-corrected chi connectivity index (χ3v) is 6.30. The highest BCUT2D eigenvalue weighted by molar-refractivity contribution is 9.10. The molecule has 0 saturated carbocycles. The lowest BCUT2D eigenvalue weighted by molar-refractivity contribution is -0.113. The summed E-state index contributed by atoms with van der Waals surface area (Å²) < 4.78 is 2.47. The maximum Gasteiger partial charge on any atom is 0.266 e. The Labute approximate surface area is 198 Å². The van der Waals surface area contributed by atoms with Crippen LogP contribution in [0.5, 0.6) is 0 Å². The van der Waals surface area contributed by atoms with Crippen molar-refractivity contribution in [3.8, 4) is 5.69 Å². The average molecular weight is 509 g/mol. The third kappa shape index (κ3) is 4.87. The molecule has 4 aromatic rings. The van der Waals surface area contributed by atoms with Gasteiger partial charge in [0.05, 0.1) is 22.3 Å². The Morgan fingerprint density at radius 2 is 1.72 bits per heavy atom. The molecule has 0 spiro atoms. The molecule has 0 aliphatic carbocycles. The predicted octanol–water partition coefficient (Wildman–Crippen LogP) is 4.95. The number of benzene rings is 3. The van der Waals surface area contributed by atoms with Crippen molar-refractivity contribution < 1.29 is 4.79 Å². The zero-order chi connectivity index (χ0) is 22.7. The van der Waals surface area contributed by atoms with E-state index in [0.717, 1.165) is 15.8 Å². The monoisotopic (exact) mass is 508 g/mol. The van der Waals surface area contributed by atoms with E-state index < -0.39 is 0 Å². The molecule has 6 nitrogen and oxygen atoms in total. The van der Waals surface area contributed by atoms with Crippen molar-refractivity contribution in [2.24, 2.45) is 0 Å². The van der Waals surface area contributed by atoms with Gasteiger partial charge >= 0.3 is 0 Å². The van der Waals surface area contributed by atoms with E-state index in [0.29, 0.717) is 21.7 Å². The van der Waals surface area contributed by atoms with Gasteiger partial charge in [-0.15, -0.1) is 0 Å². The summed E-state index contributed by atoms with van der Waals surface area (Å²) in [6.07, 6.45) is 0. The number of carbonyl (C=O) groups excluding carboxylic acids is 1. The van der Waals surface area contributed by atoms with Crippen molar-refractivity contribution in [3.63, 3.8) is 0 Å².